The van der Waals surface area contributed by atoms with Gasteiger partial charge in [-0.25, -0.2) is 4.79 Å². The first kappa shape index (κ1) is 19.7. The summed E-state index contributed by atoms with van der Waals surface area (Å²) in [6.07, 6.45) is -3.37. The number of ether oxygens (including phenoxy) is 1. The van der Waals surface area contributed by atoms with Gasteiger partial charge in [-0.2, -0.15) is 13.2 Å². The molecule has 7 heteroatoms. The summed E-state index contributed by atoms with van der Waals surface area (Å²) in [7, 11) is 0. The minimum atomic E-state index is -4.47. The van der Waals surface area contributed by atoms with Gasteiger partial charge in [0.25, 0.3) is 0 Å². The zero-order valence-corrected chi connectivity index (χ0v) is 14.3. The second-order valence-electron chi connectivity index (χ2n) is 5.41. The second-order valence-corrected chi connectivity index (χ2v) is 5.85. The van der Waals surface area contributed by atoms with Crippen LogP contribution in [0.3, 0.4) is 0 Å². The van der Waals surface area contributed by atoms with Gasteiger partial charge in [-0.15, -0.1) is 0 Å². The number of ketones is 1. The third kappa shape index (κ3) is 5.46. The van der Waals surface area contributed by atoms with Crippen LogP contribution in [0.4, 0.5) is 13.2 Å². The van der Waals surface area contributed by atoms with Crippen LogP contribution in [0.2, 0.25) is 5.02 Å². The number of esters is 1. The van der Waals surface area contributed by atoms with Gasteiger partial charge in [0, 0.05) is 16.7 Å². The lowest BCUT2D eigenvalue weighted by Gasteiger charge is -2.11. The van der Waals surface area contributed by atoms with E-state index >= 15 is 0 Å². The highest BCUT2D eigenvalue weighted by Gasteiger charge is 2.30. The molecule has 0 aromatic heterocycles. The number of hydrogen-bond donors (Lipinski definition) is 0. The van der Waals surface area contributed by atoms with E-state index in [1.807, 2.05) is 0 Å². The van der Waals surface area contributed by atoms with E-state index in [2.05, 4.69) is 0 Å². The van der Waals surface area contributed by atoms with Crippen molar-refractivity contribution in [2.75, 3.05) is 0 Å². The zero-order chi connectivity index (χ0) is 19.3. The van der Waals surface area contributed by atoms with Crippen molar-refractivity contribution in [1.29, 1.82) is 0 Å². The lowest BCUT2D eigenvalue weighted by Crippen LogP contribution is -2.23. The Morgan fingerprint density at radius 3 is 2.46 bits per heavy atom. The summed E-state index contributed by atoms with van der Waals surface area (Å²) in [6.45, 7) is 1.40. The smallest absolute Gasteiger partial charge is 0.416 e. The van der Waals surface area contributed by atoms with E-state index in [4.69, 9.17) is 16.3 Å². The first-order chi connectivity index (χ1) is 12.2. The van der Waals surface area contributed by atoms with Crippen molar-refractivity contribution < 1.29 is 27.5 Å². The van der Waals surface area contributed by atoms with E-state index in [-0.39, 0.29) is 5.56 Å². The number of benzene rings is 2. The monoisotopic (exact) mass is 382 g/mol. The van der Waals surface area contributed by atoms with Crippen LogP contribution in [0.15, 0.2) is 54.6 Å². The Morgan fingerprint density at radius 1 is 1.12 bits per heavy atom. The Balaban J connectivity index is 2.02. The van der Waals surface area contributed by atoms with Crippen molar-refractivity contribution >= 4 is 29.4 Å². The first-order valence-electron chi connectivity index (χ1n) is 7.52. The summed E-state index contributed by atoms with van der Waals surface area (Å²) in [6, 6.07) is 10.7. The molecule has 0 aliphatic carbocycles. The zero-order valence-electron chi connectivity index (χ0n) is 13.6. The normalized spacial score (nSPS) is 12.8. The summed E-state index contributed by atoms with van der Waals surface area (Å²) >= 11 is 5.81. The molecule has 0 saturated heterocycles. The molecule has 2 aromatic rings. The van der Waals surface area contributed by atoms with Crippen LogP contribution >= 0.6 is 11.6 Å². The molecule has 0 radical (unpaired) electrons. The molecule has 0 spiro atoms. The molecule has 0 fully saturated rings. The van der Waals surface area contributed by atoms with Crippen LogP contribution in [-0.2, 0) is 15.7 Å². The molecular weight excluding hydrogens is 369 g/mol. The average molecular weight is 383 g/mol. The fraction of sp³-hybridized carbons (Fsp3) is 0.158. The molecule has 0 saturated carbocycles. The van der Waals surface area contributed by atoms with E-state index in [9.17, 15) is 22.8 Å². The van der Waals surface area contributed by atoms with Gasteiger partial charge in [0.1, 0.15) is 0 Å². The Labute approximate surface area is 153 Å². The van der Waals surface area contributed by atoms with Gasteiger partial charge in [-0.1, -0.05) is 35.9 Å². The molecule has 0 amide bonds. The summed E-state index contributed by atoms with van der Waals surface area (Å²) < 4.78 is 42.9. The molecule has 0 bridgehead atoms. The number of alkyl halides is 3. The van der Waals surface area contributed by atoms with Crippen molar-refractivity contribution in [3.8, 4) is 0 Å². The van der Waals surface area contributed by atoms with Gasteiger partial charge in [0.15, 0.2) is 6.10 Å². The Bertz CT molecular complexity index is 844. The number of carbonyl (C=O) groups is 2. The average Bonchev–Trinajstić information content (AvgIpc) is 2.58. The van der Waals surface area contributed by atoms with Crippen molar-refractivity contribution in [2.24, 2.45) is 0 Å². The van der Waals surface area contributed by atoms with E-state index in [1.54, 1.807) is 12.1 Å². The molecule has 0 aliphatic heterocycles. The Morgan fingerprint density at radius 2 is 1.81 bits per heavy atom. The van der Waals surface area contributed by atoms with Gasteiger partial charge in [-0.3, -0.25) is 4.79 Å². The lowest BCUT2D eigenvalue weighted by atomic mass is 10.1. The SMILES string of the molecule is CC(OC(=O)/C=C/c1cccc(C(F)(F)F)c1)C(=O)c1cccc(Cl)c1. The molecule has 3 nitrogen and oxygen atoms in total. The molecule has 26 heavy (non-hydrogen) atoms. The van der Waals surface area contributed by atoms with Crippen LogP contribution in [0, 0.1) is 0 Å². The van der Waals surface area contributed by atoms with Crippen molar-refractivity contribution in [1.82, 2.24) is 0 Å². The molecule has 0 aliphatic rings. The molecule has 2 rings (SSSR count). The molecule has 2 aromatic carbocycles. The van der Waals surface area contributed by atoms with Gasteiger partial charge < -0.3 is 4.74 Å². The van der Waals surface area contributed by atoms with Crippen LogP contribution in [-0.4, -0.2) is 17.9 Å². The maximum absolute atomic E-state index is 12.7. The minimum Gasteiger partial charge on any atom is -0.451 e. The Kier molecular flexibility index (Phi) is 6.21. The second kappa shape index (κ2) is 8.19. The van der Waals surface area contributed by atoms with E-state index in [1.165, 1.54) is 37.3 Å². The number of hydrogen-bond acceptors (Lipinski definition) is 3. The van der Waals surface area contributed by atoms with E-state index in [0.29, 0.717) is 10.6 Å². The predicted octanol–water partition coefficient (Wildman–Crippen LogP) is 5.19. The third-order valence-corrected chi connectivity index (χ3v) is 3.63. The molecule has 1 unspecified atom stereocenters. The number of Topliss-reactive ketones (excluding diaryl/α,β-unsaturated/α-hetero) is 1. The Hall–Kier alpha value is -2.60. The fourth-order valence-corrected chi connectivity index (χ4v) is 2.32. The van der Waals surface area contributed by atoms with E-state index in [0.717, 1.165) is 18.2 Å². The third-order valence-electron chi connectivity index (χ3n) is 3.40. The van der Waals surface area contributed by atoms with Crippen LogP contribution in [0.1, 0.15) is 28.4 Å². The molecule has 0 heterocycles. The maximum atomic E-state index is 12.7. The largest absolute Gasteiger partial charge is 0.451 e. The highest BCUT2D eigenvalue weighted by molar-refractivity contribution is 6.31. The summed E-state index contributed by atoms with van der Waals surface area (Å²) in [5.74, 6) is -1.28. The van der Waals surface area contributed by atoms with Crippen LogP contribution in [0.5, 0.6) is 0 Å². The van der Waals surface area contributed by atoms with Crippen molar-refractivity contribution in [3.05, 3.63) is 76.3 Å². The minimum absolute atomic E-state index is 0.186. The van der Waals surface area contributed by atoms with Crippen molar-refractivity contribution in [3.63, 3.8) is 0 Å². The maximum Gasteiger partial charge on any atom is 0.416 e. The molecule has 136 valence electrons. The molecule has 1 atom stereocenters. The van der Waals surface area contributed by atoms with E-state index < -0.39 is 29.6 Å². The van der Waals surface area contributed by atoms with Gasteiger partial charge in [-0.05, 0) is 42.8 Å². The van der Waals surface area contributed by atoms with Gasteiger partial charge in [0.2, 0.25) is 5.78 Å². The van der Waals surface area contributed by atoms with Crippen LogP contribution < -0.4 is 0 Å². The first-order valence-corrected chi connectivity index (χ1v) is 7.90. The van der Waals surface area contributed by atoms with Crippen LogP contribution in [0.25, 0.3) is 6.08 Å². The number of rotatable bonds is 5. The van der Waals surface area contributed by atoms with Crippen molar-refractivity contribution in [2.45, 2.75) is 19.2 Å². The number of carbonyl (C=O) groups excluding carboxylic acids is 2. The summed E-state index contributed by atoms with van der Waals surface area (Å²) in [4.78, 5) is 24.0. The summed E-state index contributed by atoms with van der Waals surface area (Å²) in [5.41, 5.74) is -0.345. The standard InChI is InChI=1S/C19H14ClF3O3/c1-12(18(25)14-5-3-7-16(20)11-14)26-17(24)9-8-13-4-2-6-15(10-13)19(21,22)23/h2-12H,1H3/b9-8+. The highest BCUT2D eigenvalue weighted by atomic mass is 35.5. The molecular formula is C19H14ClF3O3. The van der Waals surface area contributed by atoms with Gasteiger partial charge in [0.05, 0.1) is 5.56 Å². The fourth-order valence-electron chi connectivity index (χ4n) is 2.13. The predicted molar refractivity (Wildman–Crippen MR) is 91.8 cm³/mol. The molecule has 0 N–H and O–H groups in total. The summed E-state index contributed by atoms with van der Waals surface area (Å²) in [5, 5.41) is 0.374. The quantitative estimate of drug-likeness (QED) is 0.406. The highest BCUT2D eigenvalue weighted by Crippen LogP contribution is 2.29. The number of halogens is 4. The van der Waals surface area contributed by atoms with Gasteiger partial charge >= 0.3 is 12.1 Å². The topological polar surface area (TPSA) is 43.4 Å². The lowest BCUT2D eigenvalue weighted by molar-refractivity contribution is -0.140.